The third kappa shape index (κ3) is 5.54. The van der Waals surface area contributed by atoms with Crippen molar-refractivity contribution in [2.45, 2.75) is 32.4 Å². The summed E-state index contributed by atoms with van der Waals surface area (Å²) in [5.74, 6) is 0.731. The van der Waals surface area contributed by atoms with Crippen molar-refractivity contribution in [2.24, 2.45) is 0 Å². The van der Waals surface area contributed by atoms with Gasteiger partial charge in [-0.2, -0.15) is 0 Å². The molecule has 0 aliphatic carbocycles. The number of thiophene rings is 1. The Kier molecular flexibility index (Phi) is 6.63. The van der Waals surface area contributed by atoms with Crippen molar-refractivity contribution in [3.8, 4) is 5.75 Å². The Hall–Kier alpha value is -2.05. The highest BCUT2D eigenvalue weighted by molar-refractivity contribution is 7.11. The number of hydrogen-bond acceptors (Lipinski definition) is 4. The second kappa shape index (κ2) is 8.70. The van der Waals surface area contributed by atoms with Crippen LogP contribution in [0.5, 0.6) is 5.75 Å². The van der Waals surface area contributed by atoms with E-state index in [1.54, 1.807) is 42.7 Å². The number of aliphatic hydroxyl groups is 1. The molecule has 2 rings (SSSR count). The van der Waals surface area contributed by atoms with E-state index >= 15 is 0 Å². The maximum atomic E-state index is 11.9. The van der Waals surface area contributed by atoms with Gasteiger partial charge in [0.05, 0.1) is 13.2 Å². The molecule has 0 spiro atoms. The molecule has 1 aromatic carbocycles. The minimum absolute atomic E-state index is 0.0289. The lowest BCUT2D eigenvalue weighted by Crippen LogP contribution is -2.42. The standard InChI is InChI=1S/C18H24N2O3S/c1-12(10-16-9-4-13(2)24-16)20-18(22)19-11-17(21)14-5-7-15(23-3)8-6-14/h4-9,12,17,21H,10-11H2,1-3H3,(H2,19,20,22). The molecule has 0 fully saturated rings. The van der Waals surface area contributed by atoms with Crippen LogP contribution in [0.2, 0.25) is 0 Å². The zero-order chi connectivity index (χ0) is 17.5. The van der Waals surface area contributed by atoms with E-state index in [0.29, 0.717) is 0 Å². The van der Waals surface area contributed by atoms with Crippen LogP contribution in [0.25, 0.3) is 0 Å². The Morgan fingerprint density at radius 2 is 1.96 bits per heavy atom. The predicted octanol–water partition coefficient (Wildman–Crippen LogP) is 3.03. The van der Waals surface area contributed by atoms with Gasteiger partial charge in [-0.25, -0.2) is 4.79 Å². The molecular formula is C18H24N2O3S. The third-order valence-electron chi connectivity index (χ3n) is 3.64. The molecule has 2 unspecified atom stereocenters. The molecule has 0 bridgehead atoms. The van der Waals surface area contributed by atoms with Gasteiger partial charge in [-0.15, -0.1) is 11.3 Å². The number of ether oxygens (including phenoxy) is 1. The maximum Gasteiger partial charge on any atom is 0.315 e. The first-order valence-electron chi connectivity index (χ1n) is 7.89. The predicted molar refractivity (Wildman–Crippen MR) is 96.7 cm³/mol. The lowest BCUT2D eigenvalue weighted by Gasteiger charge is -2.16. The van der Waals surface area contributed by atoms with Gasteiger partial charge < -0.3 is 20.5 Å². The molecule has 1 heterocycles. The Morgan fingerprint density at radius 1 is 1.25 bits per heavy atom. The second-order valence-corrected chi connectivity index (χ2v) is 7.13. The van der Waals surface area contributed by atoms with Crippen molar-refractivity contribution in [3.63, 3.8) is 0 Å². The van der Waals surface area contributed by atoms with Crippen LogP contribution in [0, 0.1) is 6.92 Å². The third-order valence-corrected chi connectivity index (χ3v) is 4.66. The van der Waals surface area contributed by atoms with Crippen LogP contribution in [-0.4, -0.2) is 30.8 Å². The van der Waals surface area contributed by atoms with Crippen LogP contribution in [0.15, 0.2) is 36.4 Å². The Bertz CT molecular complexity index is 655. The van der Waals surface area contributed by atoms with Gasteiger partial charge in [-0.1, -0.05) is 12.1 Å². The largest absolute Gasteiger partial charge is 0.497 e. The highest BCUT2D eigenvalue weighted by Gasteiger charge is 2.12. The van der Waals surface area contributed by atoms with Crippen LogP contribution in [-0.2, 0) is 6.42 Å². The fourth-order valence-electron chi connectivity index (χ4n) is 2.36. The number of carbonyl (C=O) groups excluding carboxylic acids is 1. The summed E-state index contributed by atoms with van der Waals surface area (Å²) in [7, 11) is 1.59. The van der Waals surface area contributed by atoms with E-state index in [4.69, 9.17) is 4.74 Å². The molecule has 2 aromatic rings. The van der Waals surface area contributed by atoms with Gasteiger partial charge in [0.25, 0.3) is 0 Å². The monoisotopic (exact) mass is 348 g/mol. The average molecular weight is 348 g/mol. The Labute approximate surface area is 146 Å². The van der Waals surface area contributed by atoms with E-state index in [-0.39, 0.29) is 18.6 Å². The summed E-state index contributed by atoms with van der Waals surface area (Å²) < 4.78 is 5.08. The number of urea groups is 1. The van der Waals surface area contributed by atoms with Gasteiger partial charge in [0, 0.05) is 28.8 Å². The molecule has 6 heteroatoms. The first kappa shape index (κ1) is 18.3. The molecule has 0 radical (unpaired) electrons. The van der Waals surface area contributed by atoms with Crippen molar-refractivity contribution in [2.75, 3.05) is 13.7 Å². The molecule has 3 N–H and O–H groups in total. The molecule has 5 nitrogen and oxygen atoms in total. The molecule has 1 aromatic heterocycles. The summed E-state index contributed by atoms with van der Waals surface area (Å²) in [4.78, 5) is 14.5. The van der Waals surface area contributed by atoms with Gasteiger partial charge >= 0.3 is 6.03 Å². The van der Waals surface area contributed by atoms with Gasteiger partial charge in [0.1, 0.15) is 5.75 Å². The van der Waals surface area contributed by atoms with Crippen LogP contribution in [0.4, 0.5) is 4.79 Å². The molecule has 2 atom stereocenters. The van der Waals surface area contributed by atoms with Crippen molar-refractivity contribution in [3.05, 3.63) is 51.7 Å². The topological polar surface area (TPSA) is 70.6 Å². The normalized spacial score (nSPS) is 13.2. The summed E-state index contributed by atoms with van der Waals surface area (Å²) in [5, 5.41) is 15.7. The van der Waals surface area contributed by atoms with E-state index in [9.17, 15) is 9.90 Å². The smallest absolute Gasteiger partial charge is 0.315 e. The van der Waals surface area contributed by atoms with E-state index in [0.717, 1.165) is 17.7 Å². The Balaban J connectivity index is 1.75. The van der Waals surface area contributed by atoms with Gasteiger partial charge in [0.15, 0.2) is 0 Å². The van der Waals surface area contributed by atoms with Crippen molar-refractivity contribution >= 4 is 17.4 Å². The summed E-state index contributed by atoms with van der Waals surface area (Å²) in [6.07, 6.45) is 0.0457. The van der Waals surface area contributed by atoms with E-state index in [1.807, 2.05) is 6.92 Å². The molecule has 0 aliphatic rings. The molecule has 0 saturated heterocycles. The molecule has 2 amide bonds. The number of carbonyl (C=O) groups is 1. The highest BCUT2D eigenvalue weighted by atomic mass is 32.1. The van der Waals surface area contributed by atoms with Crippen molar-refractivity contribution in [1.82, 2.24) is 10.6 Å². The fourth-order valence-corrected chi connectivity index (χ4v) is 3.37. The number of aliphatic hydroxyl groups excluding tert-OH is 1. The summed E-state index contributed by atoms with van der Waals surface area (Å²) >= 11 is 1.74. The van der Waals surface area contributed by atoms with Crippen LogP contribution >= 0.6 is 11.3 Å². The quantitative estimate of drug-likeness (QED) is 0.720. The average Bonchev–Trinajstić information content (AvgIpc) is 2.97. The number of rotatable bonds is 7. The molecule has 0 aliphatic heterocycles. The molecular weight excluding hydrogens is 324 g/mol. The minimum atomic E-state index is -0.753. The zero-order valence-corrected chi connectivity index (χ0v) is 15.0. The van der Waals surface area contributed by atoms with E-state index in [2.05, 4.69) is 29.7 Å². The number of aryl methyl sites for hydroxylation is 1. The van der Waals surface area contributed by atoms with Gasteiger partial charge in [-0.05, 0) is 43.7 Å². The summed E-state index contributed by atoms with van der Waals surface area (Å²) in [6, 6.07) is 11.1. The van der Waals surface area contributed by atoms with Crippen LogP contribution < -0.4 is 15.4 Å². The lowest BCUT2D eigenvalue weighted by molar-refractivity contribution is 0.172. The SMILES string of the molecule is COc1ccc(C(O)CNC(=O)NC(C)Cc2ccc(C)s2)cc1. The van der Waals surface area contributed by atoms with Crippen molar-refractivity contribution in [1.29, 1.82) is 0 Å². The van der Waals surface area contributed by atoms with Crippen LogP contribution in [0.3, 0.4) is 0 Å². The zero-order valence-electron chi connectivity index (χ0n) is 14.2. The summed E-state index contributed by atoms with van der Waals surface area (Å²) in [5.41, 5.74) is 0.734. The number of nitrogens with one attached hydrogen (secondary N) is 2. The Morgan fingerprint density at radius 3 is 2.54 bits per heavy atom. The molecule has 24 heavy (non-hydrogen) atoms. The summed E-state index contributed by atoms with van der Waals surface area (Å²) in [6.45, 7) is 4.19. The number of methoxy groups -OCH3 is 1. The first-order chi connectivity index (χ1) is 11.5. The highest BCUT2D eigenvalue weighted by Crippen LogP contribution is 2.17. The molecule has 0 saturated carbocycles. The molecule has 130 valence electrons. The van der Waals surface area contributed by atoms with E-state index < -0.39 is 6.10 Å². The van der Waals surface area contributed by atoms with E-state index in [1.165, 1.54) is 9.75 Å². The maximum absolute atomic E-state index is 11.9. The second-order valence-electron chi connectivity index (χ2n) is 5.76. The number of benzene rings is 1. The van der Waals surface area contributed by atoms with Crippen molar-refractivity contribution < 1.29 is 14.6 Å². The lowest BCUT2D eigenvalue weighted by atomic mass is 10.1. The van der Waals surface area contributed by atoms with Gasteiger partial charge in [0.2, 0.25) is 0 Å². The fraction of sp³-hybridized carbons (Fsp3) is 0.389. The minimum Gasteiger partial charge on any atom is -0.497 e. The van der Waals surface area contributed by atoms with Gasteiger partial charge in [-0.3, -0.25) is 0 Å². The number of hydrogen-bond donors (Lipinski definition) is 3. The number of amides is 2. The van der Waals surface area contributed by atoms with Crippen LogP contribution in [0.1, 0.15) is 28.3 Å². The first-order valence-corrected chi connectivity index (χ1v) is 8.71.